The van der Waals surface area contributed by atoms with E-state index in [4.69, 9.17) is 5.73 Å². The predicted octanol–water partition coefficient (Wildman–Crippen LogP) is 2.09. The van der Waals surface area contributed by atoms with Gasteiger partial charge in [-0.25, -0.2) is 0 Å². The maximum Gasteiger partial charge on any atom is 0.261 e. The number of carbonyl (C=O) groups excluding carboxylic acids is 1. The van der Waals surface area contributed by atoms with Crippen LogP contribution in [0.1, 0.15) is 40.9 Å². The Hall–Kier alpha value is -0.870. The van der Waals surface area contributed by atoms with E-state index in [1.807, 2.05) is 26.8 Å². The van der Waals surface area contributed by atoms with Crippen molar-refractivity contribution in [1.29, 1.82) is 0 Å². The molecule has 0 fully saturated rings. The Morgan fingerprint density at radius 1 is 1.56 bits per heavy atom. The molecule has 3 N–H and O–H groups in total. The maximum atomic E-state index is 11.8. The quantitative estimate of drug-likeness (QED) is 0.846. The Morgan fingerprint density at radius 3 is 2.62 bits per heavy atom. The highest BCUT2D eigenvalue weighted by Crippen LogP contribution is 2.22. The molecule has 90 valence electrons. The molecule has 0 bridgehead atoms. The van der Waals surface area contributed by atoms with Gasteiger partial charge >= 0.3 is 0 Å². The number of carbonyl (C=O) groups is 1. The van der Waals surface area contributed by atoms with Crippen molar-refractivity contribution in [3.63, 3.8) is 0 Å². The van der Waals surface area contributed by atoms with Crippen molar-refractivity contribution in [2.24, 2.45) is 5.73 Å². The van der Waals surface area contributed by atoms with Crippen LogP contribution in [0.3, 0.4) is 0 Å². The number of nitrogens with two attached hydrogens (primary N) is 1. The molecule has 0 unspecified atom stereocenters. The van der Waals surface area contributed by atoms with E-state index in [1.54, 1.807) is 11.3 Å². The Morgan fingerprint density at radius 2 is 2.19 bits per heavy atom. The summed E-state index contributed by atoms with van der Waals surface area (Å²) in [5.74, 6) is -0.0219. The van der Waals surface area contributed by atoms with Gasteiger partial charge in [0.2, 0.25) is 0 Å². The lowest BCUT2D eigenvalue weighted by molar-refractivity contribution is 0.0950. The summed E-state index contributed by atoms with van der Waals surface area (Å²) in [5.41, 5.74) is 6.65. The van der Waals surface area contributed by atoms with E-state index in [0.29, 0.717) is 6.54 Å². The molecule has 1 heterocycles. The molecule has 0 atom stereocenters. The lowest BCUT2D eigenvalue weighted by Gasteiger charge is -2.18. The van der Waals surface area contributed by atoms with Gasteiger partial charge in [0.25, 0.3) is 5.91 Å². The summed E-state index contributed by atoms with van der Waals surface area (Å²) in [6, 6.07) is 1.95. The van der Waals surface area contributed by atoms with Crippen molar-refractivity contribution >= 4 is 17.2 Å². The average molecular weight is 240 g/mol. The highest BCUT2D eigenvalue weighted by Gasteiger charge is 2.15. The van der Waals surface area contributed by atoms with Gasteiger partial charge in [-0.15, -0.1) is 11.3 Å². The molecule has 0 aliphatic rings. The zero-order valence-electron chi connectivity index (χ0n) is 10.4. The van der Waals surface area contributed by atoms with Gasteiger partial charge in [-0.1, -0.05) is 6.92 Å². The number of rotatable bonds is 4. The summed E-state index contributed by atoms with van der Waals surface area (Å²) < 4.78 is 0. The van der Waals surface area contributed by atoms with Gasteiger partial charge in [-0.3, -0.25) is 4.79 Å². The van der Waals surface area contributed by atoms with Crippen molar-refractivity contribution in [2.45, 2.75) is 39.7 Å². The third kappa shape index (κ3) is 3.61. The number of hydrogen-bond acceptors (Lipinski definition) is 3. The fourth-order valence-corrected chi connectivity index (χ4v) is 2.41. The second-order valence-electron chi connectivity index (χ2n) is 4.74. The number of nitrogens with one attached hydrogen (secondary N) is 1. The second kappa shape index (κ2) is 4.97. The van der Waals surface area contributed by atoms with E-state index < -0.39 is 0 Å². The van der Waals surface area contributed by atoms with E-state index in [2.05, 4.69) is 12.2 Å². The van der Waals surface area contributed by atoms with Gasteiger partial charge in [0.05, 0.1) is 4.88 Å². The minimum Gasteiger partial charge on any atom is -0.350 e. The summed E-state index contributed by atoms with van der Waals surface area (Å²) in [7, 11) is 0. The van der Waals surface area contributed by atoms with Crippen LogP contribution >= 0.6 is 11.3 Å². The molecule has 0 aromatic carbocycles. The Bertz CT molecular complexity index is 377. The molecule has 0 saturated heterocycles. The molecule has 0 aliphatic carbocycles. The molecular weight excluding hydrogens is 220 g/mol. The maximum absolute atomic E-state index is 11.8. The fourth-order valence-electron chi connectivity index (χ4n) is 1.38. The van der Waals surface area contributed by atoms with E-state index >= 15 is 0 Å². The van der Waals surface area contributed by atoms with E-state index in [-0.39, 0.29) is 11.4 Å². The zero-order chi connectivity index (χ0) is 12.3. The van der Waals surface area contributed by atoms with Crippen LogP contribution in [0.4, 0.5) is 0 Å². The van der Waals surface area contributed by atoms with Crippen LogP contribution in [0, 0.1) is 6.92 Å². The van der Waals surface area contributed by atoms with Crippen LogP contribution in [0.15, 0.2) is 6.07 Å². The minimum atomic E-state index is -0.366. The Labute approximate surface area is 101 Å². The molecule has 1 aromatic heterocycles. The van der Waals surface area contributed by atoms with Crippen molar-refractivity contribution in [3.8, 4) is 0 Å². The highest BCUT2D eigenvalue weighted by molar-refractivity contribution is 7.14. The van der Waals surface area contributed by atoms with Gasteiger partial charge in [0.1, 0.15) is 0 Å². The minimum absolute atomic E-state index is 0.0219. The lowest BCUT2D eigenvalue weighted by atomic mass is 10.1. The third-order valence-electron chi connectivity index (χ3n) is 2.27. The predicted molar refractivity (Wildman–Crippen MR) is 69.0 cm³/mol. The van der Waals surface area contributed by atoms with Gasteiger partial charge < -0.3 is 11.1 Å². The molecule has 0 radical (unpaired) electrons. The van der Waals surface area contributed by atoms with Crippen molar-refractivity contribution in [2.75, 3.05) is 6.54 Å². The first kappa shape index (κ1) is 13.2. The first-order valence-electron chi connectivity index (χ1n) is 5.50. The molecule has 16 heavy (non-hydrogen) atoms. The average Bonchev–Trinajstić information content (AvgIpc) is 2.55. The molecule has 3 nitrogen and oxygen atoms in total. The van der Waals surface area contributed by atoms with E-state index in [0.717, 1.165) is 11.3 Å². The molecule has 1 rings (SSSR count). The Kier molecular flexibility index (Phi) is 4.10. The van der Waals surface area contributed by atoms with Gasteiger partial charge in [-0.05, 0) is 38.8 Å². The van der Waals surface area contributed by atoms with Crippen molar-refractivity contribution in [3.05, 3.63) is 21.4 Å². The van der Waals surface area contributed by atoms with Crippen LogP contribution in [0.25, 0.3) is 0 Å². The normalized spacial score (nSPS) is 11.6. The van der Waals surface area contributed by atoms with Crippen molar-refractivity contribution < 1.29 is 4.79 Å². The monoisotopic (exact) mass is 240 g/mol. The SMILES string of the molecule is CCc1sc(C(=O)NCC(C)(C)N)cc1C. The van der Waals surface area contributed by atoms with Crippen LogP contribution in [0.2, 0.25) is 0 Å². The first-order valence-corrected chi connectivity index (χ1v) is 6.31. The second-order valence-corrected chi connectivity index (χ2v) is 5.88. The van der Waals surface area contributed by atoms with Gasteiger partial charge in [0.15, 0.2) is 0 Å². The summed E-state index contributed by atoms with van der Waals surface area (Å²) in [5, 5.41) is 2.85. The van der Waals surface area contributed by atoms with E-state index in [1.165, 1.54) is 10.4 Å². The summed E-state index contributed by atoms with van der Waals surface area (Å²) in [6.07, 6.45) is 0.978. The molecule has 0 saturated carbocycles. The zero-order valence-corrected chi connectivity index (χ0v) is 11.2. The van der Waals surface area contributed by atoms with Crippen LogP contribution in [-0.4, -0.2) is 18.0 Å². The largest absolute Gasteiger partial charge is 0.350 e. The fraction of sp³-hybridized carbons (Fsp3) is 0.583. The molecule has 1 aromatic rings. The van der Waals surface area contributed by atoms with Crippen LogP contribution < -0.4 is 11.1 Å². The molecular formula is C12H20N2OS. The van der Waals surface area contributed by atoms with E-state index in [9.17, 15) is 4.79 Å². The Balaban J connectivity index is 2.66. The third-order valence-corrected chi connectivity index (χ3v) is 3.65. The number of aryl methyl sites for hydroxylation is 2. The highest BCUT2D eigenvalue weighted by atomic mass is 32.1. The van der Waals surface area contributed by atoms with Crippen LogP contribution in [0.5, 0.6) is 0 Å². The molecule has 4 heteroatoms. The smallest absolute Gasteiger partial charge is 0.261 e. The van der Waals surface area contributed by atoms with Crippen LogP contribution in [-0.2, 0) is 6.42 Å². The number of hydrogen-bond donors (Lipinski definition) is 2. The first-order chi connectivity index (χ1) is 7.33. The summed E-state index contributed by atoms with van der Waals surface area (Å²) >= 11 is 1.57. The molecule has 1 amide bonds. The summed E-state index contributed by atoms with van der Waals surface area (Å²) in [6.45, 7) is 8.42. The summed E-state index contributed by atoms with van der Waals surface area (Å²) in [4.78, 5) is 13.9. The number of thiophene rings is 1. The lowest BCUT2D eigenvalue weighted by Crippen LogP contribution is -2.44. The molecule has 0 aliphatic heterocycles. The standard InChI is InChI=1S/C12H20N2OS/c1-5-9-8(2)6-10(16-9)11(15)14-7-12(3,4)13/h6H,5,7,13H2,1-4H3,(H,14,15). The van der Waals surface area contributed by atoms with Gasteiger partial charge in [-0.2, -0.15) is 0 Å². The topological polar surface area (TPSA) is 55.1 Å². The van der Waals surface area contributed by atoms with Crippen molar-refractivity contribution in [1.82, 2.24) is 5.32 Å². The van der Waals surface area contributed by atoms with Gasteiger partial charge in [0, 0.05) is 17.0 Å². The molecule has 0 spiro atoms. The number of amides is 1.